The number of hydrogen-bond donors (Lipinski definition) is 0. The number of aromatic nitrogens is 2. The molecule has 23 heavy (non-hydrogen) atoms. The Kier molecular flexibility index (Phi) is 2.76. The summed E-state index contributed by atoms with van der Waals surface area (Å²) in [5.74, 6) is -0.917. The summed E-state index contributed by atoms with van der Waals surface area (Å²) in [7, 11) is -2.75. The molecule has 0 aliphatic heterocycles. The predicted octanol–water partition coefficient (Wildman–Crippen LogP) is 2.60. The van der Waals surface area contributed by atoms with Crippen LogP contribution in [0.1, 0.15) is 0 Å². The third kappa shape index (κ3) is 1.86. The minimum absolute atomic E-state index is 0.458. The van der Waals surface area contributed by atoms with Crippen molar-refractivity contribution in [3.8, 4) is 0 Å². The van der Waals surface area contributed by atoms with Crippen molar-refractivity contribution < 1.29 is 8.83 Å². The lowest BCUT2D eigenvalue weighted by Gasteiger charge is -2.23. The van der Waals surface area contributed by atoms with Crippen molar-refractivity contribution in [3.63, 3.8) is 0 Å². The Balaban J connectivity index is 2.10. The van der Waals surface area contributed by atoms with Crippen molar-refractivity contribution in [2.45, 2.75) is 13.1 Å². The quantitative estimate of drug-likeness (QED) is 0.531. The van der Waals surface area contributed by atoms with E-state index in [1.54, 1.807) is 20.6 Å². The van der Waals surface area contributed by atoms with Crippen LogP contribution >= 0.6 is 0 Å². The summed E-state index contributed by atoms with van der Waals surface area (Å²) in [5, 5.41) is 0. The number of hydrogen-bond acceptors (Lipinski definition) is 4. The van der Waals surface area contributed by atoms with E-state index >= 15 is 0 Å². The lowest BCUT2D eigenvalue weighted by molar-refractivity contribution is 0.534. The molecule has 2 aromatic carbocycles. The molecular formula is C16H14N2O4Si. The minimum Gasteiger partial charge on any atom is -0.408 e. The summed E-state index contributed by atoms with van der Waals surface area (Å²) in [4.78, 5) is 24.8. The Bertz CT molecular complexity index is 1060. The largest absolute Gasteiger partial charge is 0.413 e. The van der Waals surface area contributed by atoms with Gasteiger partial charge >= 0.3 is 11.5 Å². The zero-order valence-electron chi connectivity index (χ0n) is 12.6. The lowest BCUT2D eigenvalue weighted by atomic mass is 10.3. The van der Waals surface area contributed by atoms with Gasteiger partial charge in [0.15, 0.2) is 11.2 Å². The van der Waals surface area contributed by atoms with Gasteiger partial charge in [-0.2, -0.15) is 0 Å². The Hall–Kier alpha value is -2.80. The fraction of sp³-hybridized carbons (Fsp3) is 0.125. The molecule has 0 fully saturated rings. The molecule has 0 N–H and O–H groups in total. The molecule has 0 aliphatic carbocycles. The molecule has 0 amide bonds. The molecular weight excluding hydrogens is 312 g/mol. The van der Waals surface area contributed by atoms with Gasteiger partial charge < -0.3 is 8.83 Å². The minimum atomic E-state index is -2.75. The van der Waals surface area contributed by atoms with Crippen molar-refractivity contribution in [2.24, 2.45) is 0 Å². The van der Waals surface area contributed by atoms with Gasteiger partial charge in [0.25, 0.3) is 8.40 Å². The molecule has 7 heteroatoms. The smallest absolute Gasteiger partial charge is 0.408 e. The number of rotatable bonds is 2. The highest BCUT2D eigenvalue weighted by molar-refractivity contribution is 6.75. The SMILES string of the molecule is C[Si](C)(n1c(=O)oc2ccccc21)n1c(=O)oc2ccccc21. The second kappa shape index (κ2) is 4.59. The average Bonchev–Trinajstić information content (AvgIpc) is 3.02. The van der Waals surface area contributed by atoms with Gasteiger partial charge in [0.05, 0.1) is 11.0 Å². The molecule has 0 atom stereocenters. The summed E-state index contributed by atoms with van der Waals surface area (Å²) in [6, 6.07) is 14.4. The van der Waals surface area contributed by atoms with Gasteiger partial charge in [-0.15, -0.1) is 0 Å². The molecule has 0 spiro atoms. The highest BCUT2D eigenvalue weighted by Gasteiger charge is 2.35. The maximum atomic E-state index is 12.4. The van der Waals surface area contributed by atoms with E-state index in [2.05, 4.69) is 0 Å². The van der Waals surface area contributed by atoms with Gasteiger partial charge in [-0.05, 0) is 37.4 Å². The summed E-state index contributed by atoms with van der Waals surface area (Å²) >= 11 is 0. The van der Waals surface area contributed by atoms with E-state index in [1.165, 1.54) is 0 Å². The fourth-order valence-electron chi connectivity index (χ4n) is 3.07. The van der Waals surface area contributed by atoms with Crippen molar-refractivity contribution in [1.29, 1.82) is 0 Å². The number of benzene rings is 2. The second-order valence-corrected chi connectivity index (χ2v) is 9.72. The standard InChI is InChI=1S/C16H14N2O4Si/c1-23(2,17-11-7-3-5-9-13(11)21-15(17)19)18-12-8-4-6-10-14(12)22-16(18)20/h3-10H,1-2H3. The van der Waals surface area contributed by atoms with Gasteiger partial charge in [-0.3, -0.25) is 8.47 Å². The molecule has 2 aromatic heterocycles. The van der Waals surface area contributed by atoms with Crippen LogP contribution < -0.4 is 11.5 Å². The van der Waals surface area contributed by atoms with E-state index in [-0.39, 0.29) is 0 Å². The van der Waals surface area contributed by atoms with Crippen molar-refractivity contribution in [1.82, 2.24) is 8.47 Å². The van der Waals surface area contributed by atoms with Crippen LogP contribution in [0.5, 0.6) is 0 Å². The average molecular weight is 326 g/mol. The van der Waals surface area contributed by atoms with Gasteiger partial charge in [-0.25, -0.2) is 9.59 Å². The van der Waals surface area contributed by atoms with Gasteiger partial charge in [0.1, 0.15) is 0 Å². The van der Waals surface area contributed by atoms with Crippen LogP contribution in [0.25, 0.3) is 22.2 Å². The first kappa shape index (κ1) is 13.8. The monoisotopic (exact) mass is 326 g/mol. The van der Waals surface area contributed by atoms with Crippen LogP contribution in [0.2, 0.25) is 13.1 Å². The molecule has 0 bridgehead atoms. The number of fused-ring (bicyclic) bond motifs is 2. The van der Waals surface area contributed by atoms with E-state index in [1.807, 2.05) is 49.5 Å². The highest BCUT2D eigenvalue weighted by atomic mass is 28.3. The van der Waals surface area contributed by atoms with Gasteiger partial charge in [0.2, 0.25) is 0 Å². The molecule has 2 heterocycles. The molecule has 0 radical (unpaired) electrons. The van der Waals surface area contributed by atoms with E-state index in [0.717, 1.165) is 0 Å². The molecule has 0 aliphatic rings. The van der Waals surface area contributed by atoms with Crippen molar-refractivity contribution in [2.75, 3.05) is 0 Å². The summed E-state index contributed by atoms with van der Waals surface area (Å²) in [5.41, 5.74) is 2.40. The molecule has 4 aromatic rings. The maximum Gasteiger partial charge on any atom is 0.413 e. The Morgan fingerprint density at radius 1 is 0.739 bits per heavy atom. The van der Waals surface area contributed by atoms with E-state index in [0.29, 0.717) is 22.2 Å². The summed E-state index contributed by atoms with van der Waals surface area (Å²) in [6.07, 6.45) is 0. The highest BCUT2D eigenvalue weighted by Crippen LogP contribution is 2.21. The van der Waals surface area contributed by atoms with E-state index in [4.69, 9.17) is 8.83 Å². The second-order valence-electron chi connectivity index (χ2n) is 5.84. The third-order valence-corrected chi connectivity index (χ3v) is 7.10. The summed E-state index contributed by atoms with van der Waals surface area (Å²) in [6.45, 7) is 3.83. The first-order valence-electron chi connectivity index (χ1n) is 7.22. The van der Waals surface area contributed by atoms with Crippen LogP contribution in [0.4, 0.5) is 0 Å². The van der Waals surface area contributed by atoms with Crippen molar-refractivity contribution >= 4 is 30.6 Å². The molecule has 116 valence electrons. The number of nitrogens with zero attached hydrogens (tertiary/aromatic N) is 2. The third-order valence-electron chi connectivity index (χ3n) is 4.07. The molecule has 0 unspecified atom stereocenters. The van der Waals surface area contributed by atoms with E-state index < -0.39 is 19.9 Å². The van der Waals surface area contributed by atoms with Crippen LogP contribution in [0.15, 0.2) is 67.0 Å². The molecule has 0 saturated carbocycles. The molecule has 6 nitrogen and oxygen atoms in total. The van der Waals surface area contributed by atoms with Crippen LogP contribution in [-0.4, -0.2) is 16.9 Å². The molecule has 0 saturated heterocycles. The van der Waals surface area contributed by atoms with Gasteiger partial charge in [0, 0.05) is 0 Å². The van der Waals surface area contributed by atoms with Crippen molar-refractivity contribution in [3.05, 3.63) is 69.6 Å². The fourth-order valence-corrected chi connectivity index (χ4v) is 5.80. The van der Waals surface area contributed by atoms with Gasteiger partial charge in [-0.1, -0.05) is 24.3 Å². The Labute approximate surface area is 131 Å². The normalized spacial score (nSPS) is 12.3. The maximum absolute atomic E-state index is 12.4. The van der Waals surface area contributed by atoms with Crippen LogP contribution in [0.3, 0.4) is 0 Å². The Morgan fingerprint density at radius 2 is 1.13 bits per heavy atom. The lowest BCUT2D eigenvalue weighted by Crippen LogP contribution is -2.53. The predicted molar refractivity (Wildman–Crippen MR) is 89.2 cm³/mol. The number of oxazole rings is 2. The number of para-hydroxylation sites is 4. The first-order chi connectivity index (χ1) is 11.0. The van der Waals surface area contributed by atoms with E-state index in [9.17, 15) is 9.59 Å². The zero-order valence-corrected chi connectivity index (χ0v) is 13.6. The topological polar surface area (TPSA) is 70.3 Å². The summed E-state index contributed by atoms with van der Waals surface area (Å²) < 4.78 is 13.9. The molecule has 4 rings (SSSR count). The zero-order chi connectivity index (χ0) is 16.2. The van der Waals surface area contributed by atoms with Crippen LogP contribution in [0, 0.1) is 0 Å². The van der Waals surface area contributed by atoms with Crippen LogP contribution in [-0.2, 0) is 0 Å². The first-order valence-corrected chi connectivity index (χ1v) is 10.1. The Morgan fingerprint density at radius 3 is 1.57 bits per heavy atom.